The number of nitrogens with zero attached hydrogens (tertiary/aromatic N) is 1. The number of rotatable bonds is 5. The second kappa shape index (κ2) is 9.19. The van der Waals surface area contributed by atoms with Crippen LogP contribution in [0, 0.1) is 17.8 Å². The summed E-state index contributed by atoms with van der Waals surface area (Å²) in [5.41, 5.74) is 0. The van der Waals surface area contributed by atoms with Gasteiger partial charge >= 0.3 is 0 Å². The van der Waals surface area contributed by atoms with Crippen LogP contribution in [0.5, 0.6) is 0 Å². The Morgan fingerprint density at radius 2 is 2.00 bits per heavy atom. The van der Waals surface area contributed by atoms with E-state index in [0.717, 1.165) is 39.3 Å². The topological polar surface area (TPSA) is 60.0 Å². The number of ether oxygens (including phenoxy) is 3. The summed E-state index contributed by atoms with van der Waals surface area (Å²) in [4.78, 5) is 14.0. The molecule has 6 heteroatoms. The molecule has 3 unspecified atom stereocenters. The Hall–Kier alpha value is -1.39. The van der Waals surface area contributed by atoms with Gasteiger partial charge in [0.1, 0.15) is 0 Å². The summed E-state index contributed by atoms with van der Waals surface area (Å²) in [5.74, 6) is 6.60. The number of amides is 1. The van der Waals surface area contributed by atoms with Crippen LogP contribution in [0.1, 0.15) is 12.8 Å². The summed E-state index contributed by atoms with van der Waals surface area (Å²) >= 11 is 0. The van der Waals surface area contributed by atoms with E-state index < -0.39 is 0 Å². The number of hydrogen-bond donors (Lipinski definition) is 1. The molecular formula is C18H26N2O4. The van der Waals surface area contributed by atoms with Crippen LogP contribution in [0.2, 0.25) is 0 Å². The van der Waals surface area contributed by atoms with E-state index in [1.807, 2.05) is 6.08 Å². The van der Waals surface area contributed by atoms with Crippen LogP contribution in [0.25, 0.3) is 0 Å². The van der Waals surface area contributed by atoms with Gasteiger partial charge in [-0.2, -0.15) is 0 Å². The Morgan fingerprint density at radius 3 is 2.71 bits per heavy atom. The van der Waals surface area contributed by atoms with Crippen molar-refractivity contribution >= 4 is 5.91 Å². The monoisotopic (exact) mass is 334 g/mol. The van der Waals surface area contributed by atoms with Gasteiger partial charge in [-0.15, -0.1) is 5.92 Å². The van der Waals surface area contributed by atoms with Crippen molar-refractivity contribution in [2.75, 3.05) is 52.6 Å². The fraction of sp³-hybridized carbons (Fsp3) is 0.722. The van der Waals surface area contributed by atoms with Crippen molar-refractivity contribution in [2.45, 2.75) is 25.0 Å². The van der Waals surface area contributed by atoms with Crippen molar-refractivity contribution in [1.82, 2.24) is 10.2 Å². The summed E-state index contributed by atoms with van der Waals surface area (Å²) in [6.07, 6.45) is 5.57. The highest BCUT2D eigenvalue weighted by Crippen LogP contribution is 2.19. The number of carbonyl (C=O) groups excluding carboxylic acids is 1. The molecule has 3 atom stereocenters. The first-order chi connectivity index (χ1) is 11.8. The minimum atomic E-state index is -0.0647. The van der Waals surface area contributed by atoms with Crippen LogP contribution in [-0.2, 0) is 19.0 Å². The molecule has 0 radical (unpaired) electrons. The molecule has 3 aliphatic heterocycles. The summed E-state index contributed by atoms with van der Waals surface area (Å²) in [6.45, 7) is 6.00. The Morgan fingerprint density at radius 1 is 1.21 bits per heavy atom. The second-order valence-electron chi connectivity index (χ2n) is 6.36. The van der Waals surface area contributed by atoms with E-state index in [4.69, 9.17) is 14.2 Å². The van der Waals surface area contributed by atoms with Gasteiger partial charge in [0.05, 0.1) is 32.0 Å². The first-order valence-electron chi connectivity index (χ1n) is 8.77. The molecule has 0 aromatic heterocycles. The second-order valence-corrected chi connectivity index (χ2v) is 6.36. The number of carbonyl (C=O) groups is 1. The first-order valence-corrected chi connectivity index (χ1v) is 8.77. The standard InChI is InChI=1S/C18H26N2O4/c21-18(19-7-2-1-4-15-6-9-22-14-15)5-3-8-20-12-16-17(13-20)24-11-10-23-16/h3,5,15-17H,2,6-14H2,(H,19,21). The van der Waals surface area contributed by atoms with E-state index >= 15 is 0 Å². The maximum absolute atomic E-state index is 11.8. The summed E-state index contributed by atoms with van der Waals surface area (Å²) < 4.78 is 16.6. The van der Waals surface area contributed by atoms with Crippen LogP contribution < -0.4 is 5.32 Å². The highest BCUT2D eigenvalue weighted by molar-refractivity contribution is 5.87. The molecule has 3 fully saturated rings. The van der Waals surface area contributed by atoms with E-state index in [-0.39, 0.29) is 18.1 Å². The maximum atomic E-state index is 11.8. The molecule has 3 saturated heterocycles. The lowest BCUT2D eigenvalue weighted by atomic mass is 10.1. The van der Waals surface area contributed by atoms with Gasteiger partial charge in [-0.1, -0.05) is 12.0 Å². The zero-order chi connectivity index (χ0) is 16.6. The third-order valence-corrected chi connectivity index (χ3v) is 4.46. The molecule has 0 aromatic carbocycles. The summed E-state index contributed by atoms with van der Waals surface area (Å²) in [5, 5.41) is 2.86. The van der Waals surface area contributed by atoms with E-state index in [1.54, 1.807) is 6.08 Å². The van der Waals surface area contributed by atoms with Crippen LogP contribution in [0.4, 0.5) is 0 Å². The molecule has 6 nitrogen and oxygen atoms in total. The fourth-order valence-corrected chi connectivity index (χ4v) is 3.17. The normalized spacial score (nSPS) is 30.1. The zero-order valence-corrected chi connectivity index (χ0v) is 14.0. The van der Waals surface area contributed by atoms with Crippen molar-refractivity contribution < 1.29 is 19.0 Å². The molecule has 24 heavy (non-hydrogen) atoms. The first kappa shape index (κ1) is 17.4. The highest BCUT2D eigenvalue weighted by atomic mass is 16.6. The number of fused-ring (bicyclic) bond motifs is 1. The van der Waals surface area contributed by atoms with Crippen molar-refractivity contribution in [3.05, 3.63) is 12.2 Å². The van der Waals surface area contributed by atoms with E-state index in [9.17, 15) is 4.79 Å². The van der Waals surface area contributed by atoms with Crippen LogP contribution in [0.15, 0.2) is 12.2 Å². The van der Waals surface area contributed by atoms with Gasteiger partial charge in [-0.3, -0.25) is 9.69 Å². The number of hydrogen-bond acceptors (Lipinski definition) is 5. The van der Waals surface area contributed by atoms with Crippen LogP contribution in [0.3, 0.4) is 0 Å². The lowest BCUT2D eigenvalue weighted by Gasteiger charge is -2.24. The van der Waals surface area contributed by atoms with Crippen molar-refractivity contribution in [3.63, 3.8) is 0 Å². The minimum absolute atomic E-state index is 0.0647. The lowest BCUT2D eigenvalue weighted by molar-refractivity contribution is -0.116. The predicted molar refractivity (Wildman–Crippen MR) is 89.4 cm³/mol. The molecule has 3 heterocycles. The van der Waals surface area contributed by atoms with E-state index in [1.165, 1.54) is 0 Å². The zero-order valence-electron chi connectivity index (χ0n) is 14.0. The SMILES string of the molecule is O=C(C=CCN1CC2OCCOC2C1)NCCC#CC1CCOC1. The van der Waals surface area contributed by atoms with Gasteiger partial charge in [0.15, 0.2) is 0 Å². The van der Waals surface area contributed by atoms with E-state index in [2.05, 4.69) is 22.1 Å². The fourth-order valence-electron chi connectivity index (χ4n) is 3.17. The molecule has 0 saturated carbocycles. The average molecular weight is 334 g/mol. The van der Waals surface area contributed by atoms with Gasteiger partial charge in [0.2, 0.25) is 5.91 Å². The smallest absolute Gasteiger partial charge is 0.243 e. The van der Waals surface area contributed by atoms with Crippen molar-refractivity contribution in [2.24, 2.45) is 5.92 Å². The molecule has 0 aliphatic carbocycles. The number of nitrogens with one attached hydrogen (secondary N) is 1. The summed E-state index contributed by atoms with van der Waals surface area (Å²) in [6, 6.07) is 0. The summed E-state index contributed by atoms with van der Waals surface area (Å²) in [7, 11) is 0. The van der Waals surface area contributed by atoms with Crippen molar-refractivity contribution in [3.8, 4) is 11.8 Å². The van der Waals surface area contributed by atoms with Gasteiger partial charge in [-0.25, -0.2) is 0 Å². The van der Waals surface area contributed by atoms with Gasteiger partial charge < -0.3 is 19.5 Å². The quantitative estimate of drug-likeness (QED) is 0.442. The molecule has 3 aliphatic rings. The molecule has 1 amide bonds. The molecule has 1 N–H and O–H groups in total. The largest absolute Gasteiger partial charge is 0.380 e. The Kier molecular flexibility index (Phi) is 6.67. The van der Waals surface area contributed by atoms with Crippen LogP contribution in [-0.4, -0.2) is 75.6 Å². The molecule has 0 spiro atoms. The maximum Gasteiger partial charge on any atom is 0.243 e. The van der Waals surface area contributed by atoms with Gasteiger partial charge in [-0.05, 0) is 6.42 Å². The van der Waals surface area contributed by atoms with Crippen LogP contribution >= 0.6 is 0 Å². The number of likely N-dealkylation sites (tertiary alicyclic amines) is 1. The Balaban J connectivity index is 1.27. The molecule has 132 valence electrons. The minimum Gasteiger partial charge on any atom is -0.380 e. The predicted octanol–water partition coefficient (Wildman–Crippen LogP) is 0.188. The third kappa shape index (κ3) is 5.32. The molecule has 0 aromatic rings. The lowest BCUT2D eigenvalue weighted by Crippen LogP contribution is -2.36. The Labute approximate surface area is 143 Å². The molecule has 3 rings (SSSR count). The Bertz CT molecular complexity index is 491. The van der Waals surface area contributed by atoms with Gasteiger partial charge in [0, 0.05) is 51.2 Å². The third-order valence-electron chi connectivity index (χ3n) is 4.46. The van der Waals surface area contributed by atoms with Crippen molar-refractivity contribution in [1.29, 1.82) is 0 Å². The van der Waals surface area contributed by atoms with E-state index in [0.29, 0.717) is 32.1 Å². The highest BCUT2D eigenvalue weighted by Gasteiger charge is 2.35. The molecular weight excluding hydrogens is 308 g/mol. The van der Waals surface area contributed by atoms with Gasteiger partial charge in [0.25, 0.3) is 0 Å². The molecule has 0 bridgehead atoms. The average Bonchev–Trinajstić information content (AvgIpc) is 3.23.